The van der Waals surface area contributed by atoms with Gasteiger partial charge in [0.1, 0.15) is 11.6 Å². The summed E-state index contributed by atoms with van der Waals surface area (Å²) in [5, 5.41) is 2.31. The molecular weight excluding hydrogens is 302 g/mol. The molecule has 0 spiro atoms. The maximum Gasteiger partial charge on any atom is 0.407 e. The molecule has 0 aromatic carbocycles. The lowest BCUT2D eigenvalue weighted by Gasteiger charge is -2.22. The van der Waals surface area contributed by atoms with Crippen LogP contribution in [0, 0.1) is 0 Å². The Morgan fingerprint density at radius 1 is 1.24 bits per heavy atom. The van der Waals surface area contributed by atoms with E-state index in [1.165, 1.54) is 14.1 Å². The lowest BCUT2D eigenvalue weighted by molar-refractivity contribution is -0.142. The monoisotopic (exact) mass is 325 g/mol. The number of nitrogens with one attached hydrogen (secondary N) is 2. The Bertz CT molecular complexity index is 469. The van der Waals surface area contributed by atoms with Gasteiger partial charge >= 0.3 is 12.1 Å². The molecule has 0 aromatic rings. The molecule has 9 nitrogen and oxygen atoms in total. The second-order valence-electron chi connectivity index (χ2n) is 5.36. The zero-order valence-electron chi connectivity index (χ0n) is 13.1. The molecule has 0 saturated heterocycles. The van der Waals surface area contributed by atoms with Crippen molar-refractivity contribution in [2.75, 3.05) is 27.7 Å². The molecule has 0 rings (SSSR count). The first-order valence-corrected chi connectivity index (χ1v) is 7.57. The van der Waals surface area contributed by atoms with Gasteiger partial charge in [-0.1, -0.05) is 0 Å². The van der Waals surface area contributed by atoms with Crippen molar-refractivity contribution in [3.8, 4) is 0 Å². The van der Waals surface area contributed by atoms with Crippen LogP contribution < -0.4 is 10.0 Å². The molecule has 0 radical (unpaired) electrons. The van der Waals surface area contributed by atoms with Crippen molar-refractivity contribution in [1.29, 1.82) is 0 Å². The Morgan fingerprint density at radius 2 is 1.76 bits per heavy atom. The SMILES string of the molecule is COC(=O)[C@H](CNC(=O)OC(C)(C)C)NS(=O)(=O)N(C)C. The van der Waals surface area contributed by atoms with E-state index in [0.29, 0.717) is 0 Å². The summed E-state index contributed by atoms with van der Waals surface area (Å²) < 4.78 is 35.9. The highest BCUT2D eigenvalue weighted by Gasteiger charge is 2.27. The van der Waals surface area contributed by atoms with Gasteiger partial charge in [-0.05, 0) is 20.8 Å². The molecule has 0 fully saturated rings. The van der Waals surface area contributed by atoms with Crippen LogP contribution in [0.3, 0.4) is 0 Å². The molecule has 124 valence electrons. The van der Waals surface area contributed by atoms with Crippen LogP contribution in [0.5, 0.6) is 0 Å². The average Bonchev–Trinajstić information content (AvgIpc) is 2.30. The van der Waals surface area contributed by atoms with Crippen molar-refractivity contribution >= 4 is 22.3 Å². The highest BCUT2D eigenvalue weighted by molar-refractivity contribution is 7.87. The van der Waals surface area contributed by atoms with Crippen LogP contribution in [0.15, 0.2) is 0 Å². The normalized spacial score (nSPS) is 13.7. The Morgan fingerprint density at radius 3 is 2.14 bits per heavy atom. The minimum atomic E-state index is -3.85. The van der Waals surface area contributed by atoms with Crippen molar-refractivity contribution < 1.29 is 27.5 Å². The summed E-state index contributed by atoms with van der Waals surface area (Å²) in [6, 6.07) is -1.25. The lowest BCUT2D eigenvalue weighted by atomic mass is 10.2. The molecule has 0 saturated carbocycles. The van der Waals surface area contributed by atoms with Gasteiger partial charge in [-0.2, -0.15) is 17.4 Å². The third-order valence-corrected chi connectivity index (χ3v) is 3.65. The maximum atomic E-state index is 11.7. The number of esters is 1. The van der Waals surface area contributed by atoms with E-state index in [1.807, 2.05) is 0 Å². The number of methoxy groups -OCH3 is 1. The summed E-state index contributed by atoms with van der Waals surface area (Å²) in [6.07, 6.45) is -0.763. The standard InChI is InChI=1S/C11H23N3O6S/c1-11(2,3)20-10(16)12-7-8(9(15)19-6)13-21(17,18)14(4)5/h8,13H,7H2,1-6H3,(H,12,16)/t8-/m0/s1. The van der Waals surface area contributed by atoms with Gasteiger partial charge in [0, 0.05) is 20.6 Å². The van der Waals surface area contributed by atoms with E-state index in [2.05, 4.69) is 14.8 Å². The fraction of sp³-hybridized carbons (Fsp3) is 0.818. The summed E-state index contributed by atoms with van der Waals surface area (Å²) >= 11 is 0. The second kappa shape index (κ2) is 7.57. The van der Waals surface area contributed by atoms with Crippen LogP contribution in [-0.2, 0) is 24.5 Å². The van der Waals surface area contributed by atoms with Gasteiger partial charge in [0.15, 0.2) is 0 Å². The van der Waals surface area contributed by atoms with Gasteiger partial charge in [0.05, 0.1) is 7.11 Å². The van der Waals surface area contributed by atoms with Crippen LogP contribution >= 0.6 is 0 Å². The smallest absolute Gasteiger partial charge is 0.407 e. The van der Waals surface area contributed by atoms with Gasteiger partial charge in [-0.25, -0.2) is 4.79 Å². The first kappa shape index (κ1) is 19.6. The number of rotatable bonds is 6. The number of hydrogen-bond donors (Lipinski definition) is 2. The van der Waals surface area contributed by atoms with Crippen molar-refractivity contribution in [3.05, 3.63) is 0 Å². The van der Waals surface area contributed by atoms with E-state index in [1.54, 1.807) is 20.8 Å². The molecule has 2 N–H and O–H groups in total. The Hall–Kier alpha value is -1.39. The summed E-state index contributed by atoms with van der Waals surface area (Å²) in [7, 11) is -0.120. The molecule has 0 aromatic heterocycles. The fourth-order valence-corrected chi connectivity index (χ4v) is 1.85. The van der Waals surface area contributed by atoms with Crippen LogP contribution in [0.25, 0.3) is 0 Å². The quantitative estimate of drug-likeness (QED) is 0.633. The number of amides is 1. The molecule has 0 aliphatic carbocycles. The van der Waals surface area contributed by atoms with Gasteiger partial charge in [-0.15, -0.1) is 0 Å². The second-order valence-corrected chi connectivity index (χ2v) is 7.28. The van der Waals surface area contributed by atoms with Crippen LogP contribution in [0.1, 0.15) is 20.8 Å². The van der Waals surface area contributed by atoms with Crippen LogP contribution in [-0.4, -0.2) is 64.2 Å². The summed E-state index contributed by atoms with van der Waals surface area (Å²) in [5.41, 5.74) is -0.700. The molecule has 0 bridgehead atoms. The van der Waals surface area contributed by atoms with Gasteiger partial charge in [0.2, 0.25) is 0 Å². The van der Waals surface area contributed by atoms with Crippen molar-refractivity contribution in [2.24, 2.45) is 0 Å². The minimum Gasteiger partial charge on any atom is -0.468 e. The third kappa shape index (κ3) is 7.83. The van der Waals surface area contributed by atoms with Crippen molar-refractivity contribution in [3.63, 3.8) is 0 Å². The first-order chi connectivity index (χ1) is 9.39. The number of alkyl carbamates (subject to hydrolysis) is 1. The highest BCUT2D eigenvalue weighted by Crippen LogP contribution is 2.06. The molecule has 0 unspecified atom stereocenters. The minimum absolute atomic E-state index is 0.297. The van der Waals surface area contributed by atoms with E-state index >= 15 is 0 Å². The van der Waals surface area contributed by atoms with Crippen molar-refractivity contribution in [1.82, 2.24) is 14.3 Å². The van der Waals surface area contributed by atoms with E-state index in [0.717, 1.165) is 11.4 Å². The molecule has 0 aliphatic heterocycles. The lowest BCUT2D eigenvalue weighted by Crippen LogP contribution is -2.52. The molecule has 0 aliphatic rings. The number of carbonyl (C=O) groups is 2. The fourth-order valence-electron chi connectivity index (χ4n) is 1.10. The van der Waals surface area contributed by atoms with E-state index < -0.39 is 33.9 Å². The number of hydrogen-bond acceptors (Lipinski definition) is 6. The highest BCUT2D eigenvalue weighted by atomic mass is 32.2. The maximum absolute atomic E-state index is 11.7. The van der Waals surface area contributed by atoms with Crippen LogP contribution in [0.4, 0.5) is 4.79 Å². The number of carbonyl (C=O) groups excluding carboxylic acids is 2. The largest absolute Gasteiger partial charge is 0.468 e. The topological polar surface area (TPSA) is 114 Å². The average molecular weight is 325 g/mol. The summed E-state index contributed by atoms with van der Waals surface area (Å²) in [5.74, 6) is -0.823. The Balaban J connectivity index is 4.74. The predicted molar refractivity (Wildman–Crippen MR) is 75.8 cm³/mol. The molecule has 1 atom stereocenters. The third-order valence-electron chi connectivity index (χ3n) is 2.11. The van der Waals surface area contributed by atoms with Gasteiger partial charge < -0.3 is 14.8 Å². The predicted octanol–water partition coefficient (Wildman–Crippen LogP) is -0.551. The zero-order chi connectivity index (χ0) is 16.8. The van der Waals surface area contributed by atoms with E-state index in [-0.39, 0.29) is 6.54 Å². The molecular formula is C11H23N3O6S. The van der Waals surface area contributed by atoms with Crippen LogP contribution in [0.2, 0.25) is 0 Å². The summed E-state index contributed by atoms with van der Waals surface area (Å²) in [6.45, 7) is 4.74. The zero-order valence-corrected chi connectivity index (χ0v) is 13.9. The first-order valence-electron chi connectivity index (χ1n) is 6.13. The van der Waals surface area contributed by atoms with Gasteiger partial charge in [0.25, 0.3) is 10.2 Å². The van der Waals surface area contributed by atoms with Crippen molar-refractivity contribution in [2.45, 2.75) is 32.4 Å². The molecule has 21 heavy (non-hydrogen) atoms. The Kier molecular flexibility index (Phi) is 7.07. The molecule has 10 heteroatoms. The molecule has 1 amide bonds. The van der Waals surface area contributed by atoms with E-state index in [9.17, 15) is 18.0 Å². The number of nitrogens with zero attached hydrogens (tertiary/aromatic N) is 1. The van der Waals surface area contributed by atoms with E-state index in [4.69, 9.17) is 4.74 Å². The molecule has 0 heterocycles. The number of ether oxygens (including phenoxy) is 2. The van der Waals surface area contributed by atoms with Gasteiger partial charge in [-0.3, -0.25) is 4.79 Å². The Labute approximate surface area is 125 Å². The summed E-state index contributed by atoms with van der Waals surface area (Å²) in [4.78, 5) is 23.1.